The predicted molar refractivity (Wildman–Crippen MR) is 108 cm³/mol. The number of carbonyl (C=O) groups excluding carboxylic acids is 2. The van der Waals surface area contributed by atoms with Gasteiger partial charge in [0.1, 0.15) is 22.6 Å². The molecule has 2 aromatic heterocycles. The molecule has 4 aromatic rings. The summed E-state index contributed by atoms with van der Waals surface area (Å²) in [5.74, 6) is -0.698. The molecule has 29 heavy (non-hydrogen) atoms. The topological polar surface area (TPSA) is 90.7 Å². The summed E-state index contributed by atoms with van der Waals surface area (Å²) in [6.45, 7) is 1.49. The van der Waals surface area contributed by atoms with Crippen LogP contribution in [-0.4, -0.2) is 30.1 Å². The van der Waals surface area contributed by atoms with Crippen LogP contribution >= 0.6 is 0 Å². The molecule has 7 nitrogen and oxygen atoms in total. The lowest BCUT2D eigenvalue weighted by Gasteiger charge is -2.15. The van der Waals surface area contributed by atoms with E-state index in [1.54, 1.807) is 24.3 Å². The summed E-state index contributed by atoms with van der Waals surface area (Å²) < 4.78 is 16.5. The first-order valence-corrected chi connectivity index (χ1v) is 8.99. The number of nitrogens with zero attached hydrogens (tertiary/aromatic N) is 1. The van der Waals surface area contributed by atoms with E-state index in [1.807, 2.05) is 24.3 Å². The third-order valence-electron chi connectivity index (χ3n) is 4.48. The smallest absolute Gasteiger partial charge is 0.357 e. The van der Waals surface area contributed by atoms with E-state index in [-0.39, 0.29) is 5.69 Å². The van der Waals surface area contributed by atoms with Gasteiger partial charge in [-0.2, -0.15) is 0 Å². The van der Waals surface area contributed by atoms with E-state index >= 15 is 0 Å². The summed E-state index contributed by atoms with van der Waals surface area (Å²) in [7, 11) is 1.52. The Morgan fingerprint density at radius 3 is 2.59 bits per heavy atom. The second kappa shape index (κ2) is 7.63. The van der Waals surface area contributed by atoms with Crippen LogP contribution in [0.15, 0.2) is 65.2 Å². The van der Waals surface area contributed by atoms with Crippen molar-refractivity contribution >= 4 is 39.5 Å². The normalized spacial score (nSPS) is 11.9. The zero-order valence-corrected chi connectivity index (χ0v) is 15.8. The first kappa shape index (κ1) is 18.5. The van der Waals surface area contributed by atoms with Gasteiger partial charge in [0.2, 0.25) is 0 Å². The maximum Gasteiger partial charge on any atom is 0.357 e. The minimum atomic E-state index is -1.03. The molecule has 2 heterocycles. The van der Waals surface area contributed by atoms with Crippen LogP contribution in [0.25, 0.3) is 21.9 Å². The number of fused-ring (bicyclic) bond motifs is 3. The average Bonchev–Trinajstić information content (AvgIpc) is 3.11. The zero-order valence-electron chi connectivity index (χ0n) is 15.8. The number of furan rings is 1. The van der Waals surface area contributed by atoms with Gasteiger partial charge in [-0.1, -0.05) is 24.3 Å². The van der Waals surface area contributed by atoms with Gasteiger partial charge >= 0.3 is 5.97 Å². The Balaban J connectivity index is 1.57. The summed E-state index contributed by atoms with van der Waals surface area (Å²) in [4.78, 5) is 28.6. The van der Waals surface area contributed by atoms with Crippen LogP contribution in [0.1, 0.15) is 17.4 Å². The molecule has 0 bridgehead atoms. The van der Waals surface area contributed by atoms with Gasteiger partial charge in [0, 0.05) is 23.0 Å². The summed E-state index contributed by atoms with van der Waals surface area (Å²) in [5, 5.41) is 4.57. The first-order chi connectivity index (χ1) is 14.1. The number of benzene rings is 2. The van der Waals surface area contributed by atoms with Crippen molar-refractivity contribution in [1.82, 2.24) is 4.98 Å². The van der Waals surface area contributed by atoms with E-state index in [0.29, 0.717) is 17.0 Å². The number of ether oxygens (including phenoxy) is 2. The van der Waals surface area contributed by atoms with Crippen LogP contribution < -0.4 is 10.1 Å². The molecule has 0 spiro atoms. The van der Waals surface area contributed by atoms with Crippen LogP contribution in [0.3, 0.4) is 0 Å². The Hall–Kier alpha value is -3.87. The van der Waals surface area contributed by atoms with E-state index in [0.717, 1.165) is 16.4 Å². The average molecular weight is 390 g/mol. The molecule has 7 heteroatoms. The van der Waals surface area contributed by atoms with Crippen molar-refractivity contribution in [2.24, 2.45) is 0 Å². The fourth-order valence-corrected chi connectivity index (χ4v) is 3.01. The molecule has 1 atom stereocenters. The van der Waals surface area contributed by atoms with E-state index in [2.05, 4.69) is 10.3 Å². The number of carbonyl (C=O) groups is 2. The monoisotopic (exact) mass is 390 g/mol. The van der Waals surface area contributed by atoms with Gasteiger partial charge in [0.15, 0.2) is 6.10 Å². The van der Waals surface area contributed by atoms with Gasteiger partial charge in [0.05, 0.1) is 12.8 Å². The maximum atomic E-state index is 12.6. The lowest BCUT2D eigenvalue weighted by Crippen LogP contribution is -2.30. The molecule has 0 aliphatic rings. The SMILES string of the molecule is COc1cc2c(cc1NC(=O)[C@@H](C)OC(=O)c1ccccn1)oc1ccccc12. The van der Waals surface area contributed by atoms with Gasteiger partial charge < -0.3 is 19.2 Å². The lowest BCUT2D eigenvalue weighted by molar-refractivity contribution is -0.123. The van der Waals surface area contributed by atoms with Crippen LogP contribution in [0.4, 0.5) is 5.69 Å². The first-order valence-electron chi connectivity index (χ1n) is 8.99. The Morgan fingerprint density at radius 2 is 1.83 bits per heavy atom. The Morgan fingerprint density at radius 1 is 1.03 bits per heavy atom. The van der Waals surface area contributed by atoms with Gasteiger partial charge in [-0.05, 0) is 31.2 Å². The molecule has 1 amide bonds. The van der Waals surface area contributed by atoms with E-state index < -0.39 is 18.0 Å². The Bertz CT molecular complexity index is 1200. The number of amides is 1. The largest absolute Gasteiger partial charge is 0.495 e. The number of aromatic nitrogens is 1. The van der Waals surface area contributed by atoms with Crippen LogP contribution in [0.5, 0.6) is 5.75 Å². The number of nitrogens with one attached hydrogen (secondary N) is 1. The molecule has 0 fully saturated rings. The number of methoxy groups -OCH3 is 1. The number of rotatable bonds is 5. The number of pyridine rings is 1. The quantitative estimate of drug-likeness (QED) is 0.514. The highest BCUT2D eigenvalue weighted by Crippen LogP contribution is 2.36. The highest BCUT2D eigenvalue weighted by molar-refractivity contribution is 6.08. The molecule has 0 aliphatic heterocycles. The van der Waals surface area contributed by atoms with Gasteiger partial charge in [0.25, 0.3) is 5.91 Å². The lowest BCUT2D eigenvalue weighted by atomic mass is 10.1. The summed E-state index contributed by atoms with van der Waals surface area (Å²) >= 11 is 0. The van der Waals surface area contributed by atoms with Gasteiger partial charge in [-0.15, -0.1) is 0 Å². The molecule has 4 rings (SSSR count). The fourth-order valence-electron chi connectivity index (χ4n) is 3.01. The zero-order chi connectivity index (χ0) is 20.4. The highest BCUT2D eigenvalue weighted by atomic mass is 16.5. The number of hydrogen-bond donors (Lipinski definition) is 1. The highest BCUT2D eigenvalue weighted by Gasteiger charge is 2.21. The molecule has 0 radical (unpaired) electrons. The summed E-state index contributed by atoms with van der Waals surface area (Å²) in [5.41, 5.74) is 1.91. The number of esters is 1. The third kappa shape index (κ3) is 3.62. The fraction of sp³-hybridized carbons (Fsp3) is 0.136. The van der Waals surface area contributed by atoms with E-state index in [9.17, 15) is 9.59 Å². The van der Waals surface area contributed by atoms with Crippen molar-refractivity contribution in [2.75, 3.05) is 12.4 Å². The van der Waals surface area contributed by atoms with Crippen molar-refractivity contribution in [3.05, 3.63) is 66.5 Å². The molecule has 0 saturated carbocycles. The second-order valence-electron chi connectivity index (χ2n) is 6.40. The minimum absolute atomic E-state index is 0.133. The third-order valence-corrected chi connectivity index (χ3v) is 4.48. The number of hydrogen-bond acceptors (Lipinski definition) is 6. The molecule has 0 aliphatic carbocycles. The Kier molecular flexibility index (Phi) is 4.87. The standard InChI is InChI=1S/C22H18N2O5/c1-13(28-22(26)16-8-5-6-10-23-16)21(25)24-17-12-19-15(11-20(17)27-2)14-7-3-4-9-18(14)29-19/h3-13H,1-2H3,(H,24,25)/t13-/m1/s1. The maximum absolute atomic E-state index is 12.6. The Labute approximate surface area is 166 Å². The van der Waals surface area contributed by atoms with Crippen molar-refractivity contribution in [3.63, 3.8) is 0 Å². The molecule has 1 N–H and O–H groups in total. The van der Waals surface area contributed by atoms with Crippen molar-refractivity contribution in [1.29, 1.82) is 0 Å². The molecule has 0 unspecified atom stereocenters. The van der Waals surface area contributed by atoms with Crippen molar-refractivity contribution in [3.8, 4) is 5.75 Å². The molecular formula is C22H18N2O5. The van der Waals surface area contributed by atoms with Crippen LogP contribution in [0, 0.1) is 0 Å². The van der Waals surface area contributed by atoms with E-state index in [4.69, 9.17) is 13.9 Å². The minimum Gasteiger partial charge on any atom is -0.495 e. The molecular weight excluding hydrogens is 372 g/mol. The van der Waals surface area contributed by atoms with Crippen LogP contribution in [-0.2, 0) is 9.53 Å². The predicted octanol–water partition coefficient (Wildman–Crippen LogP) is 4.17. The molecule has 146 valence electrons. The van der Waals surface area contributed by atoms with Crippen molar-refractivity contribution < 1.29 is 23.5 Å². The van der Waals surface area contributed by atoms with Crippen molar-refractivity contribution in [2.45, 2.75) is 13.0 Å². The molecule has 0 saturated heterocycles. The van der Waals surface area contributed by atoms with Crippen LogP contribution in [0.2, 0.25) is 0 Å². The molecule has 2 aromatic carbocycles. The van der Waals surface area contributed by atoms with E-state index in [1.165, 1.54) is 26.3 Å². The second-order valence-corrected chi connectivity index (χ2v) is 6.40. The summed E-state index contributed by atoms with van der Waals surface area (Å²) in [6.07, 6.45) is 0.454. The summed E-state index contributed by atoms with van der Waals surface area (Å²) in [6, 6.07) is 16.0. The van der Waals surface area contributed by atoms with Gasteiger partial charge in [-0.25, -0.2) is 9.78 Å². The van der Waals surface area contributed by atoms with Gasteiger partial charge in [-0.3, -0.25) is 4.79 Å². The number of anilines is 1. The number of para-hydroxylation sites is 1.